The van der Waals surface area contributed by atoms with E-state index >= 15 is 0 Å². The van der Waals surface area contributed by atoms with E-state index in [9.17, 15) is 18.8 Å². The quantitative estimate of drug-likeness (QED) is 0.365. The average Bonchev–Trinajstić information content (AvgIpc) is 2.85. The topological polar surface area (TPSA) is 147 Å². The molecule has 2 aromatic carbocycles. The van der Waals surface area contributed by atoms with E-state index in [1.165, 1.54) is 33.2 Å². The van der Waals surface area contributed by atoms with E-state index < -0.39 is 29.1 Å². The van der Waals surface area contributed by atoms with Gasteiger partial charge in [0.15, 0.2) is 11.6 Å². The molecule has 4 N–H and O–H groups in total. The van der Waals surface area contributed by atoms with Crippen molar-refractivity contribution in [2.24, 2.45) is 0 Å². The van der Waals surface area contributed by atoms with Crippen LogP contribution >= 0.6 is 0 Å². The molecule has 190 valence electrons. The Morgan fingerprint density at radius 1 is 1.03 bits per heavy atom. The summed E-state index contributed by atoms with van der Waals surface area (Å²) in [6.45, 7) is 0.972. The highest BCUT2D eigenvalue weighted by molar-refractivity contribution is 6.16. The van der Waals surface area contributed by atoms with Crippen molar-refractivity contribution in [1.82, 2.24) is 14.9 Å². The third-order valence-corrected chi connectivity index (χ3v) is 5.80. The Labute approximate surface area is 210 Å². The van der Waals surface area contributed by atoms with E-state index in [2.05, 4.69) is 31.2 Å². The van der Waals surface area contributed by atoms with E-state index in [0.29, 0.717) is 22.8 Å². The van der Waals surface area contributed by atoms with Gasteiger partial charge in [0, 0.05) is 36.2 Å². The molecule has 0 saturated heterocycles. The second-order valence-corrected chi connectivity index (χ2v) is 8.60. The lowest BCUT2D eigenvalue weighted by Crippen LogP contribution is -2.59. The fourth-order valence-corrected chi connectivity index (χ4v) is 3.94. The lowest BCUT2D eigenvalue weighted by molar-refractivity contribution is -0.154. The van der Waals surface area contributed by atoms with E-state index in [4.69, 9.17) is 9.47 Å². The van der Waals surface area contributed by atoms with Crippen molar-refractivity contribution < 1.29 is 28.2 Å². The first-order valence-electron chi connectivity index (χ1n) is 11.1. The van der Waals surface area contributed by atoms with Crippen molar-refractivity contribution in [3.05, 3.63) is 48.4 Å². The Hall–Kier alpha value is -4.94. The molecule has 0 aliphatic carbocycles. The summed E-state index contributed by atoms with van der Waals surface area (Å²) < 4.78 is 25.7. The molecule has 1 aromatic heterocycles. The fourth-order valence-electron chi connectivity index (χ4n) is 3.94. The van der Waals surface area contributed by atoms with Gasteiger partial charge in [0.25, 0.3) is 17.4 Å². The van der Waals surface area contributed by atoms with Crippen molar-refractivity contribution in [2.75, 3.05) is 42.0 Å². The Morgan fingerprint density at radius 2 is 1.78 bits per heavy atom. The summed E-state index contributed by atoms with van der Waals surface area (Å²) in [6.07, 6.45) is 0.999. The number of methoxy groups -OCH3 is 1. The van der Waals surface area contributed by atoms with Crippen LogP contribution < -0.4 is 30.7 Å². The van der Waals surface area contributed by atoms with Gasteiger partial charge in [0.1, 0.15) is 11.5 Å². The van der Waals surface area contributed by atoms with Gasteiger partial charge in [-0.1, -0.05) is 0 Å². The minimum atomic E-state index is -1.92. The predicted molar refractivity (Wildman–Crippen MR) is 132 cm³/mol. The van der Waals surface area contributed by atoms with Crippen LogP contribution in [0.1, 0.15) is 6.92 Å². The Morgan fingerprint density at radius 3 is 2.54 bits per heavy atom. The number of nitrogens with one attached hydrogen (secondary N) is 4. The number of nitrogens with zero attached hydrogens (tertiary/aromatic N) is 3. The number of hydrogen-bond acceptors (Lipinski definition) is 9. The van der Waals surface area contributed by atoms with Gasteiger partial charge in [-0.25, -0.2) is 9.37 Å². The molecule has 1 unspecified atom stereocenters. The molecule has 0 radical (unpaired) electrons. The summed E-state index contributed by atoms with van der Waals surface area (Å²) in [4.78, 5) is 48.2. The van der Waals surface area contributed by atoms with Crippen LogP contribution in [0, 0.1) is 5.82 Å². The number of likely N-dealkylation sites (N-methyl/N-ethyl adjacent to an activating group) is 1. The minimum absolute atomic E-state index is 0.0723. The summed E-state index contributed by atoms with van der Waals surface area (Å²) in [5.74, 6) is -2.09. The molecule has 37 heavy (non-hydrogen) atoms. The molecule has 4 aliphatic rings. The highest BCUT2D eigenvalue weighted by Crippen LogP contribution is 2.37. The van der Waals surface area contributed by atoms with Crippen LogP contribution in [0.2, 0.25) is 0 Å². The maximum absolute atomic E-state index is 14.5. The summed E-state index contributed by atoms with van der Waals surface area (Å²) in [5, 5.41) is 11.2. The number of aromatic nitrogens is 2. The maximum Gasteiger partial charge on any atom is 0.278 e. The number of rotatable bonds is 1. The lowest BCUT2D eigenvalue weighted by Gasteiger charge is -2.35. The zero-order valence-electron chi connectivity index (χ0n) is 20.0. The summed E-state index contributed by atoms with van der Waals surface area (Å²) in [6, 6.07) is 9.44. The Bertz CT molecular complexity index is 1450. The number of amides is 3. The summed E-state index contributed by atoms with van der Waals surface area (Å²) in [7, 11) is 2.85. The lowest BCUT2D eigenvalue weighted by atomic mass is 10.0. The number of fused-ring (bicyclic) bond motifs is 2. The number of ether oxygens (including phenoxy) is 2. The van der Waals surface area contributed by atoms with Crippen molar-refractivity contribution in [3.8, 4) is 11.5 Å². The van der Waals surface area contributed by atoms with Gasteiger partial charge in [-0.15, -0.1) is 0 Å². The molecular weight excluding hydrogens is 485 g/mol. The van der Waals surface area contributed by atoms with Gasteiger partial charge >= 0.3 is 0 Å². The average molecular weight is 507 g/mol. The Kier molecular flexibility index (Phi) is 5.74. The van der Waals surface area contributed by atoms with Crippen LogP contribution in [0.25, 0.3) is 0 Å². The number of anilines is 6. The van der Waals surface area contributed by atoms with Gasteiger partial charge in [0.05, 0.1) is 25.5 Å². The van der Waals surface area contributed by atoms with Crippen LogP contribution in [-0.2, 0) is 14.4 Å². The predicted octanol–water partition coefficient (Wildman–Crippen LogP) is 2.61. The van der Waals surface area contributed by atoms with E-state index in [1.54, 1.807) is 24.3 Å². The monoisotopic (exact) mass is 507 g/mol. The van der Waals surface area contributed by atoms with E-state index in [1.807, 2.05) is 0 Å². The van der Waals surface area contributed by atoms with Crippen LogP contribution in [0.15, 0.2) is 42.6 Å². The number of hydrogen-bond donors (Lipinski definition) is 4. The first-order chi connectivity index (χ1) is 17.6. The zero-order valence-corrected chi connectivity index (χ0v) is 20.0. The van der Waals surface area contributed by atoms with Crippen LogP contribution in [0.5, 0.6) is 11.5 Å². The first kappa shape index (κ1) is 23.8. The van der Waals surface area contributed by atoms with Crippen LogP contribution in [-0.4, -0.2) is 58.9 Å². The van der Waals surface area contributed by atoms with E-state index in [-0.39, 0.29) is 29.7 Å². The van der Waals surface area contributed by atoms with Gasteiger partial charge in [-0.2, -0.15) is 4.98 Å². The highest BCUT2D eigenvalue weighted by Gasteiger charge is 2.49. The molecule has 7 rings (SSSR count). The molecule has 8 bridgehead atoms. The normalized spacial score (nSPS) is 18.9. The first-order valence-corrected chi connectivity index (χ1v) is 11.1. The number of carbonyl (C=O) groups is 3. The molecule has 13 heteroatoms. The second kappa shape index (κ2) is 8.93. The molecule has 0 saturated carbocycles. The second-order valence-electron chi connectivity index (χ2n) is 8.60. The van der Waals surface area contributed by atoms with Crippen molar-refractivity contribution in [3.63, 3.8) is 0 Å². The molecule has 0 fully saturated rings. The van der Waals surface area contributed by atoms with Gasteiger partial charge in [0.2, 0.25) is 11.9 Å². The van der Waals surface area contributed by atoms with Crippen LogP contribution in [0.4, 0.5) is 38.9 Å². The Balaban J connectivity index is 1.60. The smallest absolute Gasteiger partial charge is 0.278 e. The molecule has 3 amide bonds. The molecule has 1 atom stereocenters. The number of halogens is 1. The van der Waals surface area contributed by atoms with Crippen LogP contribution in [0.3, 0.4) is 0 Å². The van der Waals surface area contributed by atoms with E-state index in [0.717, 1.165) is 11.1 Å². The van der Waals surface area contributed by atoms with Crippen molar-refractivity contribution >= 4 is 52.2 Å². The maximum atomic E-state index is 14.5. The fraction of sp³-hybridized carbons (Fsp3) is 0.208. The molecule has 3 aromatic rings. The third-order valence-electron chi connectivity index (χ3n) is 5.80. The molecule has 0 spiro atoms. The summed E-state index contributed by atoms with van der Waals surface area (Å²) >= 11 is 0. The molecule has 12 nitrogen and oxygen atoms in total. The standard InChI is InChI=1S/C24H22FN7O5/c1-24-21(34)30-17-9-12(4-5-18(17)37-24)28-20-16(25)10-26-23(31-20)29-14-6-13(7-15(8-14)36-3)27-19(33)11-32(2)22(24)35/h4-10H,11H2,1-3H3,(H,27,33)(H,30,34)(H2,26,28,29,31). The minimum Gasteiger partial charge on any atom is -0.497 e. The van der Waals surface area contributed by atoms with Gasteiger partial charge < -0.3 is 35.6 Å². The number of benzene rings is 2. The SMILES string of the molecule is COc1cc2cc(c1)Nc1ncc(F)c(n1)Nc1ccc3c(c1)NC(=O)C(C)(O3)C(=O)N(C)CC(=O)N2. The number of carbonyl (C=O) groups excluding carboxylic acids is 3. The van der Waals surface area contributed by atoms with Crippen molar-refractivity contribution in [1.29, 1.82) is 0 Å². The molecular formula is C24H22FN7O5. The zero-order chi connectivity index (χ0) is 26.3. The van der Waals surface area contributed by atoms with Gasteiger partial charge in [-0.3, -0.25) is 14.4 Å². The van der Waals surface area contributed by atoms with Gasteiger partial charge in [-0.05, 0) is 31.2 Å². The molecule has 4 aliphatic heterocycles. The third kappa shape index (κ3) is 4.53. The largest absolute Gasteiger partial charge is 0.497 e. The highest BCUT2D eigenvalue weighted by atomic mass is 19.1. The molecule has 5 heterocycles. The van der Waals surface area contributed by atoms with Crippen molar-refractivity contribution in [2.45, 2.75) is 12.5 Å². The summed E-state index contributed by atoms with van der Waals surface area (Å²) in [5.41, 5.74) is -0.439.